The van der Waals surface area contributed by atoms with Crippen LogP contribution in [-0.4, -0.2) is 35.5 Å². The van der Waals surface area contributed by atoms with Crippen LogP contribution in [0.3, 0.4) is 0 Å². The number of H-pyrrole nitrogens is 1. The lowest BCUT2D eigenvalue weighted by atomic mass is 9.98. The van der Waals surface area contributed by atoms with Gasteiger partial charge in [-0.25, -0.2) is 0 Å². The number of carbonyl (C=O) groups excluding carboxylic acids is 1. The molecule has 0 radical (unpaired) electrons. The Kier molecular flexibility index (Phi) is 4.48. The van der Waals surface area contributed by atoms with E-state index < -0.39 is 0 Å². The number of hydrogen-bond donors (Lipinski definition) is 3. The van der Waals surface area contributed by atoms with E-state index in [1.54, 1.807) is 12.4 Å². The average Bonchev–Trinajstić information content (AvgIpc) is 3.11. The van der Waals surface area contributed by atoms with Crippen molar-refractivity contribution in [1.82, 2.24) is 20.6 Å². The second-order valence-electron chi connectivity index (χ2n) is 6.62. The van der Waals surface area contributed by atoms with Gasteiger partial charge in [0, 0.05) is 29.8 Å². The SMILES string of the molecule is O=C(NCC1CCNCC1)c1cc2ccc(-c3ccncc3)cc2[nH]1. The summed E-state index contributed by atoms with van der Waals surface area (Å²) in [6.45, 7) is 2.84. The van der Waals surface area contributed by atoms with E-state index in [1.807, 2.05) is 24.3 Å². The minimum Gasteiger partial charge on any atom is -0.351 e. The van der Waals surface area contributed by atoms with E-state index >= 15 is 0 Å². The van der Waals surface area contributed by atoms with Gasteiger partial charge in [-0.2, -0.15) is 0 Å². The number of pyridine rings is 1. The Balaban J connectivity index is 1.49. The van der Waals surface area contributed by atoms with Gasteiger partial charge >= 0.3 is 0 Å². The summed E-state index contributed by atoms with van der Waals surface area (Å²) in [5.41, 5.74) is 3.82. The second kappa shape index (κ2) is 7.07. The number of carbonyl (C=O) groups is 1. The first-order valence-electron chi connectivity index (χ1n) is 8.82. The zero-order valence-electron chi connectivity index (χ0n) is 14.1. The zero-order valence-corrected chi connectivity index (χ0v) is 14.1. The number of aromatic nitrogens is 2. The van der Waals surface area contributed by atoms with Crippen molar-refractivity contribution in [1.29, 1.82) is 0 Å². The minimum absolute atomic E-state index is 0.0276. The molecule has 0 bridgehead atoms. The fraction of sp³-hybridized carbons (Fsp3) is 0.300. The van der Waals surface area contributed by atoms with Crippen LogP contribution in [-0.2, 0) is 0 Å². The van der Waals surface area contributed by atoms with Gasteiger partial charge < -0.3 is 15.6 Å². The molecule has 4 rings (SSSR count). The Morgan fingerprint density at radius 1 is 1.08 bits per heavy atom. The Bertz CT molecular complexity index is 866. The summed E-state index contributed by atoms with van der Waals surface area (Å²) in [5.74, 6) is 0.549. The largest absolute Gasteiger partial charge is 0.351 e. The summed E-state index contributed by atoms with van der Waals surface area (Å²) in [7, 11) is 0. The van der Waals surface area contributed by atoms with Crippen LogP contribution < -0.4 is 10.6 Å². The van der Waals surface area contributed by atoms with Gasteiger partial charge in [0.25, 0.3) is 5.91 Å². The van der Waals surface area contributed by atoms with Crippen molar-refractivity contribution in [2.75, 3.05) is 19.6 Å². The van der Waals surface area contributed by atoms with Crippen LogP contribution in [0.4, 0.5) is 0 Å². The molecule has 0 saturated carbocycles. The average molecular weight is 334 g/mol. The second-order valence-corrected chi connectivity index (χ2v) is 6.62. The standard InChI is InChI=1S/C20H22N4O/c25-20(23-13-14-3-7-21-8-4-14)19-12-17-2-1-16(11-18(17)24-19)15-5-9-22-10-6-15/h1-2,5-6,9-12,14,21,24H,3-4,7-8,13H2,(H,23,25). The van der Waals surface area contributed by atoms with Crippen LogP contribution in [0.2, 0.25) is 0 Å². The lowest BCUT2D eigenvalue weighted by molar-refractivity contribution is 0.0940. The Morgan fingerprint density at radius 2 is 1.88 bits per heavy atom. The summed E-state index contributed by atoms with van der Waals surface area (Å²) in [6.07, 6.45) is 5.83. The third-order valence-electron chi connectivity index (χ3n) is 4.89. The molecule has 128 valence electrons. The lowest BCUT2D eigenvalue weighted by Gasteiger charge is -2.22. The van der Waals surface area contributed by atoms with Crippen molar-refractivity contribution in [2.24, 2.45) is 5.92 Å². The van der Waals surface area contributed by atoms with Gasteiger partial charge in [-0.05, 0) is 67.2 Å². The van der Waals surface area contributed by atoms with Crippen molar-refractivity contribution < 1.29 is 4.79 Å². The highest BCUT2D eigenvalue weighted by Crippen LogP contribution is 2.24. The van der Waals surface area contributed by atoms with Gasteiger partial charge in [-0.3, -0.25) is 9.78 Å². The summed E-state index contributed by atoms with van der Waals surface area (Å²) >= 11 is 0. The molecule has 5 heteroatoms. The van der Waals surface area contributed by atoms with Crippen LogP contribution in [0.25, 0.3) is 22.0 Å². The number of rotatable bonds is 4. The van der Waals surface area contributed by atoms with Crippen LogP contribution in [0.15, 0.2) is 48.8 Å². The Morgan fingerprint density at radius 3 is 2.68 bits per heavy atom. The first-order valence-corrected chi connectivity index (χ1v) is 8.82. The van der Waals surface area contributed by atoms with E-state index in [9.17, 15) is 4.79 Å². The molecule has 3 N–H and O–H groups in total. The van der Waals surface area contributed by atoms with E-state index in [2.05, 4.69) is 32.7 Å². The molecule has 3 aromatic rings. The van der Waals surface area contributed by atoms with Crippen LogP contribution in [0, 0.1) is 5.92 Å². The predicted molar refractivity (Wildman–Crippen MR) is 99.5 cm³/mol. The first-order chi connectivity index (χ1) is 12.3. The molecule has 0 unspecified atom stereocenters. The van der Waals surface area contributed by atoms with Gasteiger partial charge in [0.05, 0.1) is 0 Å². The zero-order chi connectivity index (χ0) is 17.1. The molecule has 1 saturated heterocycles. The van der Waals surface area contributed by atoms with E-state index in [-0.39, 0.29) is 5.91 Å². The summed E-state index contributed by atoms with van der Waals surface area (Å²) in [4.78, 5) is 19.8. The molecule has 1 aliphatic heterocycles. The first kappa shape index (κ1) is 15.8. The molecule has 0 aliphatic carbocycles. The number of nitrogens with one attached hydrogen (secondary N) is 3. The molecule has 1 aliphatic rings. The molecule has 2 aromatic heterocycles. The summed E-state index contributed by atoms with van der Waals surface area (Å²) in [5, 5.41) is 7.46. The molecular formula is C20H22N4O. The van der Waals surface area contributed by atoms with Gasteiger partial charge in [-0.15, -0.1) is 0 Å². The van der Waals surface area contributed by atoms with Crippen molar-refractivity contribution >= 4 is 16.8 Å². The van der Waals surface area contributed by atoms with Crippen molar-refractivity contribution in [3.63, 3.8) is 0 Å². The maximum Gasteiger partial charge on any atom is 0.267 e. The molecular weight excluding hydrogens is 312 g/mol. The van der Waals surface area contributed by atoms with Gasteiger partial charge in [0.2, 0.25) is 0 Å². The molecule has 0 spiro atoms. The van der Waals surface area contributed by atoms with Crippen LogP contribution in [0.5, 0.6) is 0 Å². The normalized spacial score (nSPS) is 15.4. The number of amides is 1. The minimum atomic E-state index is -0.0276. The fourth-order valence-electron chi connectivity index (χ4n) is 3.39. The van der Waals surface area contributed by atoms with E-state index in [0.717, 1.165) is 54.5 Å². The van der Waals surface area contributed by atoms with Crippen molar-refractivity contribution in [2.45, 2.75) is 12.8 Å². The van der Waals surface area contributed by atoms with Crippen LogP contribution >= 0.6 is 0 Å². The molecule has 1 amide bonds. The topological polar surface area (TPSA) is 69.8 Å². The summed E-state index contributed by atoms with van der Waals surface area (Å²) < 4.78 is 0. The summed E-state index contributed by atoms with van der Waals surface area (Å²) in [6, 6.07) is 12.1. The Hall–Kier alpha value is -2.66. The van der Waals surface area contributed by atoms with Crippen molar-refractivity contribution in [3.8, 4) is 11.1 Å². The quantitative estimate of drug-likeness (QED) is 0.687. The van der Waals surface area contributed by atoms with E-state index in [1.165, 1.54) is 0 Å². The molecule has 5 nitrogen and oxygen atoms in total. The maximum absolute atomic E-state index is 12.4. The third kappa shape index (κ3) is 3.56. The maximum atomic E-state index is 12.4. The number of aromatic amines is 1. The smallest absolute Gasteiger partial charge is 0.267 e. The number of piperidine rings is 1. The molecule has 1 fully saturated rings. The van der Waals surface area contributed by atoms with Crippen molar-refractivity contribution in [3.05, 3.63) is 54.5 Å². The number of hydrogen-bond acceptors (Lipinski definition) is 3. The fourth-order valence-corrected chi connectivity index (χ4v) is 3.39. The highest BCUT2D eigenvalue weighted by atomic mass is 16.1. The lowest BCUT2D eigenvalue weighted by Crippen LogP contribution is -2.36. The highest BCUT2D eigenvalue weighted by molar-refractivity contribution is 5.98. The number of benzene rings is 1. The Labute approximate surface area is 146 Å². The van der Waals surface area contributed by atoms with E-state index in [0.29, 0.717) is 11.6 Å². The van der Waals surface area contributed by atoms with Gasteiger partial charge in [0.15, 0.2) is 0 Å². The predicted octanol–water partition coefficient (Wildman–Crippen LogP) is 2.96. The van der Waals surface area contributed by atoms with E-state index in [4.69, 9.17) is 0 Å². The van der Waals surface area contributed by atoms with Crippen LogP contribution in [0.1, 0.15) is 23.3 Å². The molecule has 0 atom stereocenters. The highest BCUT2D eigenvalue weighted by Gasteiger charge is 2.15. The number of nitrogens with zero attached hydrogens (tertiary/aromatic N) is 1. The van der Waals surface area contributed by atoms with Gasteiger partial charge in [-0.1, -0.05) is 12.1 Å². The molecule has 1 aromatic carbocycles. The van der Waals surface area contributed by atoms with Gasteiger partial charge in [0.1, 0.15) is 5.69 Å². The third-order valence-corrected chi connectivity index (χ3v) is 4.89. The molecule has 25 heavy (non-hydrogen) atoms. The monoisotopic (exact) mass is 334 g/mol. The number of fused-ring (bicyclic) bond motifs is 1. The molecule has 3 heterocycles.